The van der Waals surface area contributed by atoms with Gasteiger partial charge in [-0.05, 0) is 97.9 Å². The van der Waals surface area contributed by atoms with Gasteiger partial charge in [0.05, 0.1) is 19.5 Å². The first kappa shape index (κ1) is 23.5. The predicted molar refractivity (Wildman–Crippen MR) is 144 cm³/mol. The summed E-state index contributed by atoms with van der Waals surface area (Å²) < 4.78 is 8.06. The van der Waals surface area contributed by atoms with Gasteiger partial charge in [-0.1, -0.05) is 59.8 Å². The number of thiocarbonyl (C=S) groups is 1. The van der Waals surface area contributed by atoms with Gasteiger partial charge in [0.1, 0.15) is 12.4 Å². The average molecular weight is 610 g/mol. The van der Waals surface area contributed by atoms with Gasteiger partial charge >= 0.3 is 0 Å². The van der Waals surface area contributed by atoms with E-state index >= 15 is 0 Å². The molecule has 3 aromatic carbocycles. The first-order valence-electron chi connectivity index (χ1n) is 9.53. The number of aryl methyl sites for hydroxylation is 1. The van der Waals surface area contributed by atoms with Crippen LogP contribution in [-0.4, -0.2) is 10.2 Å². The second-order valence-electron chi connectivity index (χ2n) is 7.08. The Morgan fingerprint density at radius 3 is 2.44 bits per heavy atom. The van der Waals surface area contributed by atoms with Crippen molar-refractivity contribution in [2.75, 3.05) is 4.90 Å². The molecule has 1 aliphatic rings. The van der Waals surface area contributed by atoms with Crippen LogP contribution in [0.15, 0.2) is 74.5 Å². The molecule has 8 heteroatoms. The van der Waals surface area contributed by atoms with E-state index in [0.717, 1.165) is 31.3 Å². The molecular formula is C24H16Br2ClNO2S2. The van der Waals surface area contributed by atoms with Gasteiger partial charge in [0.25, 0.3) is 5.91 Å². The number of thioether (sulfide) groups is 1. The maximum Gasteiger partial charge on any atom is 0.270 e. The third-order valence-electron chi connectivity index (χ3n) is 4.67. The molecule has 1 heterocycles. The van der Waals surface area contributed by atoms with Crippen LogP contribution in [0.25, 0.3) is 6.08 Å². The van der Waals surface area contributed by atoms with Crippen LogP contribution in [-0.2, 0) is 11.4 Å². The summed E-state index contributed by atoms with van der Waals surface area (Å²) in [5, 5.41) is 0.688. The molecule has 1 aliphatic heterocycles. The fourth-order valence-electron chi connectivity index (χ4n) is 3.15. The van der Waals surface area contributed by atoms with Gasteiger partial charge in [-0.2, -0.15) is 0 Å². The van der Waals surface area contributed by atoms with Crippen LogP contribution in [0.1, 0.15) is 16.7 Å². The lowest BCUT2D eigenvalue weighted by Gasteiger charge is -2.15. The normalized spacial score (nSPS) is 15.0. The zero-order valence-corrected chi connectivity index (χ0v) is 22.3. The summed E-state index contributed by atoms with van der Waals surface area (Å²) in [4.78, 5) is 15.2. The lowest BCUT2D eigenvalue weighted by Crippen LogP contribution is -2.27. The van der Waals surface area contributed by atoms with Crippen molar-refractivity contribution in [1.29, 1.82) is 0 Å². The second kappa shape index (κ2) is 10.1. The molecule has 32 heavy (non-hydrogen) atoms. The lowest BCUT2D eigenvalue weighted by atomic mass is 10.2. The van der Waals surface area contributed by atoms with Crippen LogP contribution in [0, 0.1) is 6.92 Å². The summed E-state index contributed by atoms with van der Waals surface area (Å²) in [6.45, 7) is 2.39. The molecule has 0 unspecified atom stereocenters. The number of ether oxygens (including phenoxy) is 1. The van der Waals surface area contributed by atoms with Gasteiger partial charge in [-0.3, -0.25) is 9.69 Å². The molecule has 0 radical (unpaired) electrons. The van der Waals surface area contributed by atoms with E-state index in [2.05, 4.69) is 31.9 Å². The molecule has 0 aliphatic carbocycles. The van der Waals surface area contributed by atoms with Crippen LogP contribution in [0.4, 0.5) is 5.69 Å². The van der Waals surface area contributed by atoms with Crippen molar-refractivity contribution < 1.29 is 9.53 Å². The third kappa shape index (κ3) is 5.29. The highest BCUT2D eigenvalue weighted by atomic mass is 79.9. The number of nitrogens with zero attached hydrogens (tertiary/aromatic N) is 1. The summed E-state index contributed by atoms with van der Waals surface area (Å²) in [7, 11) is 0. The fourth-order valence-corrected chi connectivity index (χ4v) is 6.02. The minimum Gasteiger partial charge on any atom is -0.487 e. The number of carbonyl (C=O) groups excluding carboxylic acids is 1. The topological polar surface area (TPSA) is 29.5 Å². The van der Waals surface area contributed by atoms with Gasteiger partial charge in [0, 0.05) is 5.02 Å². The minimum atomic E-state index is -0.124. The Kier molecular flexibility index (Phi) is 7.42. The molecule has 162 valence electrons. The van der Waals surface area contributed by atoms with Crippen molar-refractivity contribution >= 4 is 89.4 Å². The molecule has 0 saturated carbocycles. The van der Waals surface area contributed by atoms with Crippen molar-refractivity contribution in [3.63, 3.8) is 0 Å². The molecule has 3 aromatic rings. The minimum absolute atomic E-state index is 0.124. The van der Waals surface area contributed by atoms with Crippen molar-refractivity contribution in [2.45, 2.75) is 13.5 Å². The number of amides is 1. The lowest BCUT2D eigenvalue weighted by molar-refractivity contribution is -0.113. The molecule has 4 rings (SSSR count). The van der Waals surface area contributed by atoms with E-state index in [1.165, 1.54) is 11.8 Å². The Morgan fingerprint density at radius 1 is 1.09 bits per heavy atom. The zero-order valence-electron chi connectivity index (χ0n) is 16.8. The van der Waals surface area contributed by atoms with Crippen LogP contribution >= 0.6 is 67.4 Å². The molecule has 0 atom stereocenters. The number of rotatable bonds is 5. The van der Waals surface area contributed by atoms with Gasteiger partial charge < -0.3 is 4.74 Å². The van der Waals surface area contributed by atoms with Crippen molar-refractivity contribution in [1.82, 2.24) is 0 Å². The van der Waals surface area contributed by atoms with E-state index in [1.54, 1.807) is 4.90 Å². The number of benzene rings is 3. The SMILES string of the molecule is Cc1cccc(N2C(=O)/C(=C/c3cc(Br)c(OCc4ccc(Cl)cc4)c(Br)c3)SC2=S)c1. The van der Waals surface area contributed by atoms with E-state index in [9.17, 15) is 4.79 Å². The van der Waals surface area contributed by atoms with Gasteiger partial charge in [-0.25, -0.2) is 0 Å². The maximum absolute atomic E-state index is 13.0. The number of halogens is 3. The Bertz CT molecular complexity index is 1220. The predicted octanol–water partition coefficient (Wildman–Crippen LogP) is 8.16. The van der Waals surface area contributed by atoms with E-state index in [-0.39, 0.29) is 5.91 Å². The van der Waals surface area contributed by atoms with E-state index in [0.29, 0.717) is 26.6 Å². The highest BCUT2D eigenvalue weighted by Crippen LogP contribution is 2.39. The number of hydrogen-bond acceptors (Lipinski definition) is 4. The molecule has 1 amide bonds. The van der Waals surface area contributed by atoms with Crippen LogP contribution in [0.3, 0.4) is 0 Å². The zero-order chi connectivity index (χ0) is 22.8. The summed E-state index contributed by atoms with van der Waals surface area (Å²) in [5.41, 5.74) is 3.72. The number of carbonyl (C=O) groups is 1. The Labute approximate surface area is 218 Å². The third-order valence-corrected chi connectivity index (χ3v) is 7.40. The van der Waals surface area contributed by atoms with E-state index < -0.39 is 0 Å². The van der Waals surface area contributed by atoms with Gasteiger partial charge in [0.15, 0.2) is 4.32 Å². The summed E-state index contributed by atoms with van der Waals surface area (Å²) >= 11 is 19.9. The largest absolute Gasteiger partial charge is 0.487 e. The standard InChI is InChI=1S/C24H16Br2ClNO2S2/c1-14-3-2-4-18(9-14)28-23(29)21(32-24(28)31)12-16-10-19(25)22(20(26)11-16)30-13-15-5-7-17(27)8-6-15/h2-12H,13H2,1H3/b21-12-. The highest BCUT2D eigenvalue weighted by molar-refractivity contribution is 9.11. The molecule has 0 aromatic heterocycles. The summed E-state index contributed by atoms with van der Waals surface area (Å²) in [5.74, 6) is 0.560. The number of anilines is 1. The molecule has 0 bridgehead atoms. The van der Waals surface area contributed by atoms with Crippen molar-refractivity contribution in [3.05, 3.63) is 96.2 Å². The van der Waals surface area contributed by atoms with Crippen LogP contribution in [0.5, 0.6) is 5.75 Å². The summed E-state index contributed by atoms with van der Waals surface area (Å²) in [6, 6.07) is 19.1. The average Bonchev–Trinajstić information content (AvgIpc) is 3.01. The molecule has 0 spiro atoms. The molecular weight excluding hydrogens is 594 g/mol. The van der Waals surface area contributed by atoms with Gasteiger partial charge in [0.2, 0.25) is 0 Å². The molecule has 1 saturated heterocycles. The Hall–Kier alpha value is -1.64. The Morgan fingerprint density at radius 2 is 1.78 bits per heavy atom. The van der Waals surface area contributed by atoms with Crippen LogP contribution < -0.4 is 9.64 Å². The van der Waals surface area contributed by atoms with Crippen molar-refractivity contribution in [2.24, 2.45) is 0 Å². The van der Waals surface area contributed by atoms with E-state index in [1.807, 2.05) is 73.7 Å². The highest BCUT2D eigenvalue weighted by Gasteiger charge is 2.33. The second-order valence-corrected chi connectivity index (χ2v) is 10.9. The first-order valence-corrected chi connectivity index (χ1v) is 12.7. The first-order chi connectivity index (χ1) is 15.3. The Balaban J connectivity index is 1.54. The summed E-state index contributed by atoms with van der Waals surface area (Å²) in [6.07, 6.45) is 1.84. The smallest absolute Gasteiger partial charge is 0.270 e. The van der Waals surface area contributed by atoms with E-state index in [4.69, 9.17) is 28.6 Å². The monoisotopic (exact) mass is 607 g/mol. The number of hydrogen-bond donors (Lipinski definition) is 0. The molecule has 3 nitrogen and oxygen atoms in total. The van der Waals surface area contributed by atoms with Crippen molar-refractivity contribution in [3.8, 4) is 5.75 Å². The van der Waals surface area contributed by atoms with Gasteiger partial charge in [-0.15, -0.1) is 0 Å². The molecule has 1 fully saturated rings. The van der Waals surface area contributed by atoms with Crippen LogP contribution in [0.2, 0.25) is 5.02 Å². The maximum atomic E-state index is 13.0. The quantitative estimate of drug-likeness (QED) is 0.216. The molecule has 0 N–H and O–H groups in total. The fraction of sp³-hybridized carbons (Fsp3) is 0.0833.